The molecule has 2 heterocycles. The maximum atomic E-state index is 13.2. The summed E-state index contributed by atoms with van der Waals surface area (Å²) in [6.07, 6.45) is -7.90. The number of sulfonamides is 1. The number of nitrogens with zero attached hydrogens (tertiary/aromatic N) is 2. The van der Waals surface area contributed by atoms with Crippen LogP contribution in [0.4, 0.5) is 32.0 Å². The first-order valence-corrected chi connectivity index (χ1v) is 12.7. The van der Waals surface area contributed by atoms with Crippen molar-refractivity contribution in [3.8, 4) is 17.0 Å². The zero-order valence-corrected chi connectivity index (χ0v) is 21.3. The Kier molecular flexibility index (Phi) is 8.78. The molecule has 1 aliphatic rings. The van der Waals surface area contributed by atoms with E-state index < -0.39 is 38.4 Å². The van der Waals surface area contributed by atoms with Crippen LogP contribution in [0.2, 0.25) is 0 Å². The number of benzene rings is 2. The molecule has 14 heteroatoms. The van der Waals surface area contributed by atoms with E-state index in [0.717, 1.165) is 40.8 Å². The summed E-state index contributed by atoms with van der Waals surface area (Å²) < 4.78 is 115. The Balaban J connectivity index is 0.000000631. The maximum Gasteiger partial charge on any atom is 0.416 e. The number of pyridine rings is 1. The average molecular weight is 577 g/mol. The van der Waals surface area contributed by atoms with E-state index in [1.807, 2.05) is 0 Å². The van der Waals surface area contributed by atoms with Crippen molar-refractivity contribution >= 4 is 21.7 Å². The van der Waals surface area contributed by atoms with Crippen molar-refractivity contribution in [1.82, 2.24) is 4.98 Å². The van der Waals surface area contributed by atoms with Crippen molar-refractivity contribution in [1.29, 1.82) is 0 Å². The SMILES string of the molecule is CCC(=O)OC.O=S(=O)(c1cccc(C(F)(F)F)c1)N1CCOc2ccc(-c3cc(C(F)(F)F)ccn3)cc21. The van der Waals surface area contributed by atoms with E-state index in [9.17, 15) is 39.6 Å². The number of anilines is 1. The molecule has 0 unspecified atom stereocenters. The fraction of sp³-hybridized carbons (Fsp3) is 0.280. The van der Waals surface area contributed by atoms with Gasteiger partial charge in [-0.15, -0.1) is 0 Å². The van der Waals surface area contributed by atoms with Gasteiger partial charge in [0, 0.05) is 18.2 Å². The summed E-state index contributed by atoms with van der Waals surface area (Å²) >= 11 is 0. The molecule has 0 spiro atoms. The van der Waals surface area contributed by atoms with Crippen molar-refractivity contribution in [2.75, 3.05) is 24.6 Å². The Morgan fingerprint density at radius 3 is 2.26 bits per heavy atom. The number of hydrogen-bond acceptors (Lipinski definition) is 6. The maximum absolute atomic E-state index is 13.2. The highest BCUT2D eigenvalue weighted by molar-refractivity contribution is 7.92. The van der Waals surface area contributed by atoms with Crippen LogP contribution in [0.15, 0.2) is 65.7 Å². The first kappa shape index (κ1) is 29.7. The Labute approximate surface area is 220 Å². The highest BCUT2D eigenvalue weighted by Gasteiger charge is 2.35. The molecule has 0 fully saturated rings. The molecule has 0 bridgehead atoms. The summed E-state index contributed by atoms with van der Waals surface area (Å²) in [6.45, 7) is 1.49. The minimum Gasteiger partial charge on any atom is -0.489 e. The van der Waals surface area contributed by atoms with Gasteiger partial charge in [-0.05, 0) is 48.5 Å². The Morgan fingerprint density at radius 1 is 1.00 bits per heavy atom. The summed E-state index contributed by atoms with van der Waals surface area (Å²) in [5, 5.41) is 0. The Bertz CT molecular complexity index is 1440. The number of ether oxygens (including phenoxy) is 2. The zero-order valence-electron chi connectivity index (χ0n) is 20.5. The van der Waals surface area contributed by atoms with Crippen LogP contribution < -0.4 is 9.04 Å². The van der Waals surface area contributed by atoms with Crippen LogP contribution in [0.25, 0.3) is 11.3 Å². The predicted molar refractivity (Wildman–Crippen MR) is 128 cm³/mol. The highest BCUT2D eigenvalue weighted by atomic mass is 32.2. The number of aromatic nitrogens is 1. The van der Waals surface area contributed by atoms with Gasteiger partial charge < -0.3 is 9.47 Å². The van der Waals surface area contributed by atoms with Gasteiger partial charge in [0.1, 0.15) is 12.4 Å². The number of carbonyl (C=O) groups excluding carboxylic acids is 1. The fourth-order valence-corrected chi connectivity index (χ4v) is 4.97. The van der Waals surface area contributed by atoms with Crippen LogP contribution in [-0.2, 0) is 31.9 Å². The third-order valence-electron chi connectivity index (χ3n) is 5.43. The monoisotopic (exact) mass is 576 g/mol. The van der Waals surface area contributed by atoms with Gasteiger partial charge in [-0.2, -0.15) is 26.3 Å². The van der Waals surface area contributed by atoms with Gasteiger partial charge in [-0.3, -0.25) is 14.1 Å². The molecule has 0 radical (unpaired) electrons. The fourth-order valence-electron chi connectivity index (χ4n) is 3.47. The summed E-state index contributed by atoms with van der Waals surface area (Å²) in [6, 6.07) is 9.00. The number of carbonyl (C=O) groups is 1. The van der Waals surface area contributed by atoms with Gasteiger partial charge >= 0.3 is 18.3 Å². The van der Waals surface area contributed by atoms with Crippen molar-refractivity contribution < 1.29 is 49.0 Å². The van der Waals surface area contributed by atoms with Gasteiger partial charge in [0.2, 0.25) is 0 Å². The summed E-state index contributed by atoms with van der Waals surface area (Å²) in [4.78, 5) is 13.3. The van der Waals surface area contributed by atoms with Crippen LogP contribution in [0.3, 0.4) is 0 Å². The normalized spacial score (nSPS) is 13.5. The molecule has 39 heavy (non-hydrogen) atoms. The van der Waals surface area contributed by atoms with E-state index in [2.05, 4.69) is 9.72 Å². The van der Waals surface area contributed by atoms with Crippen LogP contribution in [-0.4, -0.2) is 39.6 Å². The third kappa shape index (κ3) is 6.99. The minimum atomic E-state index is -4.74. The van der Waals surface area contributed by atoms with Crippen molar-refractivity contribution in [3.05, 3.63) is 71.9 Å². The van der Waals surface area contributed by atoms with Gasteiger partial charge in [0.15, 0.2) is 0 Å². The summed E-state index contributed by atoms with van der Waals surface area (Å²) in [5.74, 6) is -0.0393. The van der Waals surface area contributed by atoms with Gasteiger partial charge in [-0.25, -0.2) is 8.42 Å². The second kappa shape index (κ2) is 11.5. The van der Waals surface area contributed by atoms with E-state index >= 15 is 0 Å². The number of methoxy groups -OCH3 is 1. The van der Waals surface area contributed by atoms with E-state index in [1.54, 1.807) is 6.92 Å². The molecule has 1 aromatic heterocycles. The van der Waals surface area contributed by atoms with Gasteiger partial charge in [0.25, 0.3) is 10.0 Å². The van der Waals surface area contributed by atoms with Gasteiger partial charge in [0.05, 0.1) is 41.1 Å². The number of halogens is 6. The zero-order chi connectivity index (χ0) is 29.0. The lowest BCUT2D eigenvalue weighted by atomic mass is 10.1. The van der Waals surface area contributed by atoms with Gasteiger partial charge in [-0.1, -0.05) is 13.0 Å². The second-order valence-electron chi connectivity index (χ2n) is 7.99. The van der Waals surface area contributed by atoms with Crippen LogP contribution in [0, 0.1) is 0 Å². The Hall–Kier alpha value is -3.81. The average Bonchev–Trinajstić information content (AvgIpc) is 2.91. The van der Waals surface area contributed by atoms with Crippen molar-refractivity contribution in [2.45, 2.75) is 30.6 Å². The van der Waals surface area contributed by atoms with Crippen LogP contribution >= 0.6 is 0 Å². The Morgan fingerprint density at radius 2 is 1.67 bits per heavy atom. The second-order valence-corrected chi connectivity index (χ2v) is 9.85. The molecule has 0 saturated carbocycles. The molecule has 2 aromatic carbocycles. The predicted octanol–water partition coefficient (Wildman–Crippen LogP) is 5.94. The molecule has 0 aliphatic carbocycles. The number of hydrogen-bond donors (Lipinski definition) is 0. The molecule has 0 atom stereocenters. The number of rotatable bonds is 4. The lowest BCUT2D eigenvalue weighted by Crippen LogP contribution is -2.38. The molecule has 0 saturated heterocycles. The van der Waals surface area contributed by atoms with Crippen LogP contribution in [0.1, 0.15) is 24.5 Å². The van der Waals surface area contributed by atoms with E-state index in [1.165, 1.54) is 25.3 Å². The number of alkyl halides is 6. The molecule has 0 N–H and O–H groups in total. The molecule has 3 aromatic rings. The summed E-state index contributed by atoms with van der Waals surface area (Å²) in [5.41, 5.74) is -1.96. The molecular weight excluding hydrogens is 554 g/mol. The van der Waals surface area contributed by atoms with E-state index in [4.69, 9.17) is 4.74 Å². The molecule has 0 amide bonds. The highest BCUT2D eigenvalue weighted by Crippen LogP contribution is 2.40. The molecule has 210 valence electrons. The molecular formula is C25H22F6N2O5S. The smallest absolute Gasteiger partial charge is 0.416 e. The van der Waals surface area contributed by atoms with E-state index in [0.29, 0.717) is 12.5 Å². The standard InChI is InChI=1S/C21H14F6N2O3S.C4H8O2/c22-20(23,24)14-2-1-3-16(11-14)33(30,31)29-8-9-32-19-5-4-13(10-18(19)29)17-12-15(6-7-28-17)21(25,26)27;1-3-4(5)6-2/h1-7,10-12H,8-9H2;3H2,1-2H3. The first-order chi connectivity index (χ1) is 18.2. The number of fused-ring (bicyclic) bond motifs is 1. The summed E-state index contributed by atoms with van der Waals surface area (Å²) in [7, 11) is -3.05. The lowest BCUT2D eigenvalue weighted by molar-refractivity contribution is -0.140. The van der Waals surface area contributed by atoms with E-state index in [-0.39, 0.29) is 41.8 Å². The quantitative estimate of drug-likeness (QED) is 0.282. The lowest BCUT2D eigenvalue weighted by Gasteiger charge is -2.31. The minimum absolute atomic E-state index is 0.0182. The topological polar surface area (TPSA) is 85.8 Å². The molecule has 4 rings (SSSR count). The van der Waals surface area contributed by atoms with Crippen LogP contribution in [0.5, 0.6) is 5.75 Å². The third-order valence-corrected chi connectivity index (χ3v) is 7.24. The first-order valence-electron chi connectivity index (χ1n) is 11.3. The number of esters is 1. The molecule has 1 aliphatic heterocycles. The largest absolute Gasteiger partial charge is 0.489 e. The van der Waals surface area contributed by atoms with Crippen molar-refractivity contribution in [3.63, 3.8) is 0 Å². The molecule has 7 nitrogen and oxygen atoms in total. The van der Waals surface area contributed by atoms with Crippen molar-refractivity contribution in [2.24, 2.45) is 0 Å².